The highest BCUT2D eigenvalue weighted by Gasteiger charge is 2.14. The molecule has 2 rings (SSSR count). The largest absolute Gasteiger partial charge is 0.394 e. The lowest BCUT2D eigenvalue weighted by molar-refractivity contribution is 0.0314. The third-order valence-corrected chi connectivity index (χ3v) is 4.56. The number of nitrogens with one attached hydrogen (secondary N) is 2. The van der Waals surface area contributed by atoms with E-state index in [1.165, 1.54) is 0 Å². The third kappa shape index (κ3) is 5.47. The number of aliphatic hydroxyl groups is 1. The molecule has 0 aliphatic carbocycles. The molecule has 0 saturated carbocycles. The second kappa shape index (κ2) is 8.78. The van der Waals surface area contributed by atoms with Crippen LogP contribution in [0, 0.1) is 0 Å². The Hall–Kier alpha value is -1.41. The van der Waals surface area contributed by atoms with E-state index in [0.717, 1.165) is 9.75 Å². The van der Waals surface area contributed by atoms with Crippen LogP contribution in [0.15, 0.2) is 35.0 Å². The van der Waals surface area contributed by atoms with E-state index in [4.69, 9.17) is 9.84 Å². The van der Waals surface area contributed by atoms with Crippen LogP contribution in [0.3, 0.4) is 0 Å². The van der Waals surface area contributed by atoms with Gasteiger partial charge in [0.1, 0.15) is 6.10 Å². The van der Waals surface area contributed by atoms with Crippen molar-refractivity contribution in [2.45, 2.75) is 12.6 Å². The molecule has 0 aliphatic rings. The van der Waals surface area contributed by atoms with Gasteiger partial charge in [-0.15, -0.1) is 22.7 Å². The number of rotatable bonds is 8. The van der Waals surface area contributed by atoms with E-state index < -0.39 is 0 Å². The monoisotopic (exact) mass is 326 g/mol. The van der Waals surface area contributed by atoms with Crippen LogP contribution in [0.25, 0.3) is 0 Å². The first-order valence-corrected chi connectivity index (χ1v) is 8.35. The van der Waals surface area contributed by atoms with Gasteiger partial charge < -0.3 is 20.5 Å². The van der Waals surface area contributed by atoms with Gasteiger partial charge in [-0.2, -0.15) is 0 Å². The summed E-state index contributed by atoms with van der Waals surface area (Å²) in [5.41, 5.74) is 0. The van der Waals surface area contributed by atoms with Crippen LogP contribution in [-0.4, -0.2) is 30.9 Å². The zero-order valence-corrected chi connectivity index (χ0v) is 13.1. The summed E-state index contributed by atoms with van der Waals surface area (Å²) < 4.78 is 5.56. The van der Waals surface area contributed by atoms with Crippen LogP contribution in [-0.2, 0) is 11.3 Å². The molecule has 0 aromatic carbocycles. The van der Waals surface area contributed by atoms with Crippen molar-refractivity contribution in [3.05, 3.63) is 44.8 Å². The van der Waals surface area contributed by atoms with Crippen LogP contribution < -0.4 is 10.6 Å². The molecule has 0 radical (unpaired) electrons. The number of hydrogen-bond donors (Lipinski definition) is 3. The number of hydrogen-bond acceptors (Lipinski definition) is 5. The predicted molar refractivity (Wildman–Crippen MR) is 84.7 cm³/mol. The van der Waals surface area contributed by atoms with E-state index >= 15 is 0 Å². The Balaban J connectivity index is 1.76. The fourth-order valence-electron chi connectivity index (χ4n) is 1.74. The summed E-state index contributed by atoms with van der Waals surface area (Å²) >= 11 is 3.17. The SMILES string of the molecule is O=C(NCc1cccs1)NCC(OCCO)c1cccs1. The van der Waals surface area contributed by atoms with E-state index in [9.17, 15) is 4.79 Å². The Morgan fingerprint density at radius 1 is 1.24 bits per heavy atom. The zero-order chi connectivity index (χ0) is 14.9. The third-order valence-electron chi connectivity index (χ3n) is 2.72. The normalized spacial score (nSPS) is 12.0. The van der Waals surface area contributed by atoms with Crippen molar-refractivity contribution >= 4 is 28.7 Å². The maximum Gasteiger partial charge on any atom is 0.315 e. The van der Waals surface area contributed by atoms with Gasteiger partial charge in [-0.1, -0.05) is 12.1 Å². The van der Waals surface area contributed by atoms with E-state index in [0.29, 0.717) is 13.1 Å². The molecule has 5 nitrogen and oxygen atoms in total. The van der Waals surface area contributed by atoms with Gasteiger partial charge >= 0.3 is 6.03 Å². The molecule has 0 fully saturated rings. The standard InChI is InChI=1S/C14H18N2O3S2/c17-5-6-19-12(13-4-2-8-21-13)10-16-14(18)15-9-11-3-1-7-20-11/h1-4,7-8,12,17H,5-6,9-10H2,(H2,15,16,18). The molecule has 0 bridgehead atoms. The lowest BCUT2D eigenvalue weighted by Gasteiger charge is -2.17. The summed E-state index contributed by atoms with van der Waals surface area (Å²) in [6, 6.07) is 7.60. The van der Waals surface area contributed by atoms with Crippen molar-refractivity contribution in [2.75, 3.05) is 19.8 Å². The van der Waals surface area contributed by atoms with Gasteiger partial charge in [0.15, 0.2) is 0 Å². The second-order valence-corrected chi connectivity index (χ2v) is 6.25. The highest BCUT2D eigenvalue weighted by Crippen LogP contribution is 2.21. The van der Waals surface area contributed by atoms with E-state index in [-0.39, 0.29) is 25.3 Å². The van der Waals surface area contributed by atoms with Gasteiger partial charge in [-0.05, 0) is 22.9 Å². The zero-order valence-electron chi connectivity index (χ0n) is 11.5. The minimum absolute atomic E-state index is 0.0353. The van der Waals surface area contributed by atoms with E-state index in [2.05, 4.69) is 10.6 Å². The highest BCUT2D eigenvalue weighted by atomic mass is 32.1. The molecule has 21 heavy (non-hydrogen) atoms. The summed E-state index contributed by atoms with van der Waals surface area (Å²) in [6.45, 7) is 1.11. The molecule has 2 aromatic heterocycles. The molecule has 7 heteroatoms. The molecule has 1 atom stereocenters. The fraction of sp³-hybridized carbons (Fsp3) is 0.357. The average molecular weight is 326 g/mol. The molecule has 1 unspecified atom stereocenters. The predicted octanol–water partition coefficient (Wildman–Crippen LogP) is 2.36. The topological polar surface area (TPSA) is 70.6 Å². The molecular formula is C14H18N2O3S2. The maximum absolute atomic E-state index is 11.8. The Kier molecular flexibility index (Phi) is 6.68. The first-order chi connectivity index (χ1) is 10.3. The van der Waals surface area contributed by atoms with Crippen LogP contribution in [0.2, 0.25) is 0 Å². The van der Waals surface area contributed by atoms with Gasteiger partial charge in [0.05, 0.1) is 26.3 Å². The molecule has 2 amide bonds. The summed E-state index contributed by atoms with van der Waals surface area (Å²) in [7, 11) is 0. The van der Waals surface area contributed by atoms with E-state index in [1.807, 2.05) is 35.0 Å². The summed E-state index contributed by atoms with van der Waals surface area (Å²) in [4.78, 5) is 13.9. The minimum atomic E-state index is -0.232. The van der Waals surface area contributed by atoms with Crippen molar-refractivity contribution in [3.8, 4) is 0 Å². The summed E-state index contributed by atoms with van der Waals surface area (Å²) in [5.74, 6) is 0. The maximum atomic E-state index is 11.8. The minimum Gasteiger partial charge on any atom is -0.394 e. The van der Waals surface area contributed by atoms with Crippen LogP contribution >= 0.6 is 22.7 Å². The lowest BCUT2D eigenvalue weighted by atomic mass is 10.3. The average Bonchev–Trinajstić information content (AvgIpc) is 3.18. The van der Waals surface area contributed by atoms with Gasteiger partial charge in [-0.25, -0.2) is 4.79 Å². The molecule has 3 N–H and O–H groups in total. The number of urea groups is 1. The molecule has 2 heterocycles. The number of thiophene rings is 2. The molecule has 0 saturated heterocycles. The van der Waals surface area contributed by atoms with Crippen LogP contribution in [0.5, 0.6) is 0 Å². The van der Waals surface area contributed by atoms with Gasteiger partial charge in [0.2, 0.25) is 0 Å². The molecule has 0 aliphatic heterocycles. The molecule has 114 valence electrons. The number of carbonyl (C=O) groups is 1. The van der Waals surface area contributed by atoms with Crippen LogP contribution in [0.4, 0.5) is 4.79 Å². The Morgan fingerprint density at radius 3 is 2.71 bits per heavy atom. The Bertz CT molecular complexity index is 514. The molecule has 2 aromatic rings. The van der Waals surface area contributed by atoms with Crippen molar-refractivity contribution in [1.29, 1.82) is 0 Å². The summed E-state index contributed by atoms with van der Waals surface area (Å²) in [6.07, 6.45) is -0.232. The Labute approximate surface area is 131 Å². The van der Waals surface area contributed by atoms with E-state index in [1.54, 1.807) is 22.7 Å². The molecular weight excluding hydrogens is 308 g/mol. The first kappa shape index (κ1) is 16.0. The van der Waals surface area contributed by atoms with Crippen molar-refractivity contribution in [1.82, 2.24) is 10.6 Å². The number of carbonyl (C=O) groups excluding carboxylic acids is 1. The highest BCUT2D eigenvalue weighted by molar-refractivity contribution is 7.10. The van der Waals surface area contributed by atoms with Crippen molar-refractivity contribution in [3.63, 3.8) is 0 Å². The van der Waals surface area contributed by atoms with Gasteiger partial charge in [0.25, 0.3) is 0 Å². The number of ether oxygens (including phenoxy) is 1. The second-order valence-electron chi connectivity index (χ2n) is 4.24. The lowest BCUT2D eigenvalue weighted by Crippen LogP contribution is -2.37. The van der Waals surface area contributed by atoms with Crippen molar-refractivity contribution < 1.29 is 14.6 Å². The van der Waals surface area contributed by atoms with Crippen LogP contribution in [0.1, 0.15) is 15.9 Å². The molecule has 0 spiro atoms. The fourth-order valence-corrected chi connectivity index (χ4v) is 3.16. The van der Waals surface area contributed by atoms with Gasteiger partial charge in [0, 0.05) is 9.75 Å². The smallest absolute Gasteiger partial charge is 0.315 e. The first-order valence-electron chi connectivity index (χ1n) is 6.59. The number of amides is 2. The summed E-state index contributed by atoms with van der Waals surface area (Å²) in [5, 5.41) is 18.4. The van der Waals surface area contributed by atoms with Crippen molar-refractivity contribution in [2.24, 2.45) is 0 Å². The quantitative estimate of drug-likeness (QED) is 0.697. The number of aliphatic hydroxyl groups excluding tert-OH is 1. The Morgan fingerprint density at radius 2 is 2.05 bits per heavy atom. The van der Waals surface area contributed by atoms with Gasteiger partial charge in [-0.3, -0.25) is 0 Å².